The van der Waals surface area contributed by atoms with Crippen LogP contribution in [-0.2, 0) is 0 Å². The number of halogens is 1. The highest BCUT2D eigenvalue weighted by molar-refractivity contribution is 14.1. The van der Waals surface area contributed by atoms with Gasteiger partial charge in [-0.3, -0.25) is 0 Å². The van der Waals surface area contributed by atoms with Crippen LogP contribution in [0.25, 0.3) is 0 Å². The Balaban J connectivity index is 1.67. The van der Waals surface area contributed by atoms with Gasteiger partial charge in [0.05, 0.1) is 6.61 Å². The van der Waals surface area contributed by atoms with Crippen LogP contribution in [0.4, 0.5) is 0 Å². The summed E-state index contributed by atoms with van der Waals surface area (Å²) >= 11 is 2.46. The third-order valence-corrected chi connectivity index (χ3v) is 4.47. The van der Waals surface area contributed by atoms with Gasteiger partial charge in [0.15, 0.2) is 0 Å². The van der Waals surface area contributed by atoms with E-state index in [0.717, 1.165) is 31.9 Å². The summed E-state index contributed by atoms with van der Waals surface area (Å²) in [5.41, 5.74) is 1.38. The molecular weight excluding hydrogens is 349 g/mol. The highest BCUT2D eigenvalue weighted by Gasteiger charge is 2.20. The highest BCUT2D eigenvalue weighted by Crippen LogP contribution is 2.32. The van der Waals surface area contributed by atoms with E-state index in [9.17, 15) is 0 Å². The van der Waals surface area contributed by atoms with E-state index >= 15 is 0 Å². The second-order valence-corrected chi connectivity index (χ2v) is 6.26. The van der Waals surface area contributed by atoms with Gasteiger partial charge in [-0.05, 0) is 41.9 Å². The average molecular weight is 373 g/mol. The van der Waals surface area contributed by atoms with Gasteiger partial charge in [0.2, 0.25) is 0 Å². The molecular formula is C16H24INO. The smallest absolute Gasteiger partial charge is 0.122 e. The maximum absolute atomic E-state index is 5.70. The summed E-state index contributed by atoms with van der Waals surface area (Å²) in [5.74, 6) is 1.71. The fraction of sp³-hybridized carbons (Fsp3) is 0.625. The number of fused-ring (bicyclic) bond motifs is 1. The van der Waals surface area contributed by atoms with E-state index in [1.54, 1.807) is 0 Å². The molecule has 1 unspecified atom stereocenters. The van der Waals surface area contributed by atoms with E-state index in [1.165, 1.54) is 35.7 Å². The summed E-state index contributed by atoms with van der Waals surface area (Å²) in [6, 6.07) is 8.47. The number of hydrogen-bond acceptors (Lipinski definition) is 2. The van der Waals surface area contributed by atoms with Crippen molar-refractivity contribution in [3.8, 4) is 5.75 Å². The topological polar surface area (TPSA) is 21.3 Å². The molecule has 1 aliphatic rings. The first-order chi connectivity index (χ1) is 9.42. The van der Waals surface area contributed by atoms with Crippen LogP contribution in [0.15, 0.2) is 24.3 Å². The maximum atomic E-state index is 5.70. The van der Waals surface area contributed by atoms with E-state index in [0.29, 0.717) is 5.92 Å². The van der Waals surface area contributed by atoms with Crippen molar-refractivity contribution in [2.45, 2.75) is 38.0 Å². The molecule has 2 rings (SSSR count). The summed E-state index contributed by atoms with van der Waals surface area (Å²) in [6.07, 6.45) is 6.55. The lowest BCUT2D eigenvalue weighted by atomic mass is 9.93. The lowest BCUT2D eigenvalue weighted by molar-refractivity contribution is 0.264. The number of unbranched alkanes of at least 4 members (excludes halogenated alkanes) is 3. The van der Waals surface area contributed by atoms with E-state index < -0.39 is 0 Å². The molecule has 1 aromatic carbocycles. The first-order valence-electron chi connectivity index (χ1n) is 7.40. The van der Waals surface area contributed by atoms with Crippen molar-refractivity contribution in [3.05, 3.63) is 29.8 Å². The molecule has 0 aliphatic carbocycles. The Morgan fingerprint density at radius 2 is 2.00 bits per heavy atom. The van der Waals surface area contributed by atoms with Crippen molar-refractivity contribution in [2.75, 3.05) is 24.1 Å². The Bertz CT molecular complexity index is 370. The van der Waals surface area contributed by atoms with Crippen molar-refractivity contribution in [2.24, 2.45) is 0 Å². The third-order valence-electron chi connectivity index (χ3n) is 3.71. The van der Waals surface area contributed by atoms with Gasteiger partial charge in [-0.2, -0.15) is 0 Å². The molecule has 0 amide bonds. The van der Waals surface area contributed by atoms with Crippen LogP contribution >= 0.6 is 22.6 Å². The number of hydrogen-bond donors (Lipinski definition) is 1. The Hall–Kier alpha value is -0.290. The summed E-state index contributed by atoms with van der Waals surface area (Å²) in [6.45, 7) is 3.10. The number of nitrogens with one attached hydrogen (secondary N) is 1. The lowest BCUT2D eigenvalue weighted by Crippen LogP contribution is -2.26. The summed E-state index contributed by atoms with van der Waals surface area (Å²) in [5, 5.41) is 3.62. The molecule has 1 N–H and O–H groups in total. The van der Waals surface area contributed by atoms with Crippen LogP contribution in [0, 0.1) is 0 Å². The molecule has 1 aliphatic heterocycles. The second-order valence-electron chi connectivity index (χ2n) is 5.18. The minimum absolute atomic E-state index is 0.624. The molecule has 106 valence electrons. The van der Waals surface area contributed by atoms with Gasteiger partial charge in [0.1, 0.15) is 5.75 Å². The summed E-state index contributed by atoms with van der Waals surface area (Å²) < 4.78 is 6.99. The largest absolute Gasteiger partial charge is 0.493 e. The molecule has 19 heavy (non-hydrogen) atoms. The number of ether oxygens (including phenoxy) is 1. The Morgan fingerprint density at radius 3 is 2.89 bits per heavy atom. The highest BCUT2D eigenvalue weighted by atomic mass is 127. The van der Waals surface area contributed by atoms with Crippen LogP contribution in [0.5, 0.6) is 5.75 Å². The molecule has 2 nitrogen and oxygen atoms in total. The monoisotopic (exact) mass is 373 g/mol. The van der Waals surface area contributed by atoms with Crippen molar-refractivity contribution in [1.82, 2.24) is 5.32 Å². The van der Waals surface area contributed by atoms with Crippen LogP contribution in [0.2, 0.25) is 0 Å². The molecule has 0 saturated heterocycles. The Labute approximate surface area is 130 Å². The van der Waals surface area contributed by atoms with Crippen molar-refractivity contribution >= 4 is 22.6 Å². The van der Waals surface area contributed by atoms with Crippen LogP contribution < -0.4 is 10.1 Å². The molecule has 0 bridgehead atoms. The number of benzene rings is 1. The van der Waals surface area contributed by atoms with Gasteiger partial charge in [0, 0.05) is 12.5 Å². The molecule has 0 aromatic heterocycles. The van der Waals surface area contributed by atoms with Gasteiger partial charge in [-0.15, -0.1) is 0 Å². The van der Waals surface area contributed by atoms with E-state index in [-0.39, 0.29) is 0 Å². The molecule has 0 radical (unpaired) electrons. The Morgan fingerprint density at radius 1 is 1.16 bits per heavy atom. The normalized spacial score (nSPS) is 17.8. The number of alkyl halides is 1. The van der Waals surface area contributed by atoms with Crippen LogP contribution in [0.3, 0.4) is 0 Å². The van der Waals surface area contributed by atoms with E-state index in [1.807, 2.05) is 0 Å². The first-order valence-corrected chi connectivity index (χ1v) is 8.93. The number of para-hydroxylation sites is 1. The zero-order valence-corrected chi connectivity index (χ0v) is 13.7. The standard InChI is InChI=1S/C16H24INO/c17-10-5-1-2-6-11-18-13-14-9-12-19-16-8-4-3-7-15(14)16/h3-4,7-8,14,18H,1-2,5-6,9-13H2. The quantitative estimate of drug-likeness (QED) is 0.420. The van der Waals surface area contributed by atoms with Gasteiger partial charge in [0.25, 0.3) is 0 Å². The predicted octanol–water partition coefficient (Wildman–Crippen LogP) is 4.14. The fourth-order valence-electron chi connectivity index (χ4n) is 2.60. The minimum atomic E-state index is 0.624. The van der Waals surface area contributed by atoms with E-state index in [4.69, 9.17) is 4.74 Å². The second kappa shape index (κ2) is 8.80. The molecule has 3 heteroatoms. The minimum Gasteiger partial charge on any atom is -0.493 e. The van der Waals surface area contributed by atoms with Gasteiger partial charge in [-0.25, -0.2) is 0 Å². The number of rotatable bonds is 8. The maximum Gasteiger partial charge on any atom is 0.122 e. The van der Waals surface area contributed by atoms with Gasteiger partial charge in [-0.1, -0.05) is 53.6 Å². The summed E-state index contributed by atoms with van der Waals surface area (Å²) in [4.78, 5) is 0. The van der Waals surface area contributed by atoms with Crippen LogP contribution in [0.1, 0.15) is 43.6 Å². The van der Waals surface area contributed by atoms with Crippen LogP contribution in [-0.4, -0.2) is 24.1 Å². The molecule has 0 saturated carbocycles. The molecule has 0 spiro atoms. The zero-order valence-electron chi connectivity index (χ0n) is 11.5. The molecule has 0 fully saturated rings. The first kappa shape index (κ1) is 15.1. The molecule has 1 atom stereocenters. The Kier molecular flexibility index (Phi) is 6.99. The molecule has 1 aromatic rings. The zero-order chi connectivity index (χ0) is 13.3. The average Bonchev–Trinajstić information content (AvgIpc) is 2.46. The van der Waals surface area contributed by atoms with Gasteiger partial charge >= 0.3 is 0 Å². The van der Waals surface area contributed by atoms with E-state index in [2.05, 4.69) is 52.2 Å². The van der Waals surface area contributed by atoms with Crippen molar-refractivity contribution < 1.29 is 4.74 Å². The van der Waals surface area contributed by atoms with Gasteiger partial charge < -0.3 is 10.1 Å². The predicted molar refractivity (Wildman–Crippen MR) is 89.5 cm³/mol. The lowest BCUT2D eigenvalue weighted by Gasteiger charge is -2.26. The van der Waals surface area contributed by atoms with Crippen molar-refractivity contribution in [3.63, 3.8) is 0 Å². The van der Waals surface area contributed by atoms with Crippen molar-refractivity contribution in [1.29, 1.82) is 0 Å². The SMILES string of the molecule is ICCCCCCNCC1CCOc2ccccc21. The fourth-order valence-corrected chi connectivity index (χ4v) is 3.14. The third kappa shape index (κ3) is 4.95. The summed E-state index contributed by atoms with van der Waals surface area (Å²) in [7, 11) is 0. The molecule has 1 heterocycles.